The van der Waals surface area contributed by atoms with Crippen molar-refractivity contribution in [2.24, 2.45) is 0 Å². The van der Waals surface area contributed by atoms with Crippen LogP contribution in [0, 0.1) is 0 Å². The lowest BCUT2D eigenvalue weighted by molar-refractivity contribution is -0.137. The van der Waals surface area contributed by atoms with Gasteiger partial charge in [0.1, 0.15) is 11.5 Å². The predicted molar refractivity (Wildman–Crippen MR) is 113 cm³/mol. The van der Waals surface area contributed by atoms with Crippen LogP contribution in [0.3, 0.4) is 0 Å². The van der Waals surface area contributed by atoms with E-state index in [-0.39, 0.29) is 27.8 Å². The standard InChI is InChI=1S/C20H16ClF3N2O4S/c1-29-7-8-30-19(28)26-13-4-2-3-12(10-13)25-18(27)17-16(21)14-6-5-11(20(22,23)24)9-15(14)31-17/h2-6,9-10H,7-8H2,1H3,(H,25,27)(H,26,28). The SMILES string of the molecule is COCCOC(=O)Nc1cccc(NC(=O)c2sc3cc(C(F)(F)F)ccc3c2Cl)c1. The number of alkyl halides is 3. The molecule has 0 radical (unpaired) electrons. The maximum Gasteiger partial charge on any atom is 0.416 e. The molecule has 3 aromatic rings. The minimum absolute atomic E-state index is 0.0715. The molecule has 0 aliphatic heterocycles. The maximum absolute atomic E-state index is 12.9. The number of carbonyl (C=O) groups excluding carboxylic acids is 2. The Kier molecular flexibility index (Phi) is 7.04. The third kappa shape index (κ3) is 5.66. The van der Waals surface area contributed by atoms with E-state index < -0.39 is 23.7 Å². The smallest absolute Gasteiger partial charge is 0.416 e. The van der Waals surface area contributed by atoms with Gasteiger partial charge in [-0.2, -0.15) is 13.2 Å². The highest BCUT2D eigenvalue weighted by Crippen LogP contribution is 2.39. The van der Waals surface area contributed by atoms with Crippen molar-refractivity contribution in [1.29, 1.82) is 0 Å². The van der Waals surface area contributed by atoms with Crippen LogP contribution in [-0.2, 0) is 15.7 Å². The molecule has 3 rings (SSSR count). The van der Waals surface area contributed by atoms with Crippen molar-refractivity contribution in [1.82, 2.24) is 0 Å². The van der Waals surface area contributed by atoms with Crippen LogP contribution in [0.2, 0.25) is 5.02 Å². The molecule has 0 saturated heterocycles. The Morgan fingerprint density at radius 3 is 2.45 bits per heavy atom. The van der Waals surface area contributed by atoms with E-state index in [1.807, 2.05) is 0 Å². The number of anilines is 2. The molecule has 31 heavy (non-hydrogen) atoms. The molecule has 2 amide bonds. The molecule has 1 aromatic heterocycles. The highest BCUT2D eigenvalue weighted by atomic mass is 35.5. The number of carbonyl (C=O) groups is 2. The first kappa shape index (κ1) is 22.9. The lowest BCUT2D eigenvalue weighted by atomic mass is 10.1. The van der Waals surface area contributed by atoms with E-state index >= 15 is 0 Å². The van der Waals surface area contributed by atoms with Gasteiger partial charge in [0, 0.05) is 28.6 Å². The van der Waals surface area contributed by atoms with Gasteiger partial charge in [-0.15, -0.1) is 11.3 Å². The third-order valence-electron chi connectivity index (χ3n) is 4.05. The van der Waals surface area contributed by atoms with Crippen molar-refractivity contribution in [3.63, 3.8) is 0 Å². The summed E-state index contributed by atoms with van der Waals surface area (Å²) in [5, 5.41) is 5.56. The second kappa shape index (κ2) is 9.54. The van der Waals surface area contributed by atoms with Gasteiger partial charge in [0.15, 0.2) is 0 Å². The summed E-state index contributed by atoms with van der Waals surface area (Å²) in [6, 6.07) is 9.40. The summed E-state index contributed by atoms with van der Waals surface area (Å²) in [7, 11) is 1.48. The van der Waals surface area contributed by atoms with Crippen LogP contribution in [0.4, 0.5) is 29.3 Å². The predicted octanol–water partition coefficient (Wildman–Crippen LogP) is 6.02. The van der Waals surface area contributed by atoms with Gasteiger partial charge in [0.2, 0.25) is 0 Å². The molecule has 1 heterocycles. The highest BCUT2D eigenvalue weighted by molar-refractivity contribution is 7.21. The van der Waals surface area contributed by atoms with Crippen LogP contribution in [0.25, 0.3) is 10.1 Å². The second-order valence-electron chi connectivity index (χ2n) is 6.24. The van der Waals surface area contributed by atoms with Crippen molar-refractivity contribution >= 4 is 56.4 Å². The summed E-state index contributed by atoms with van der Waals surface area (Å²) in [5.74, 6) is -0.584. The van der Waals surface area contributed by atoms with Gasteiger partial charge in [0.05, 0.1) is 17.2 Å². The van der Waals surface area contributed by atoms with Crippen LogP contribution < -0.4 is 10.6 Å². The molecule has 164 valence electrons. The quantitative estimate of drug-likeness (QED) is 0.430. The zero-order chi connectivity index (χ0) is 22.6. The molecule has 0 spiro atoms. The minimum Gasteiger partial charge on any atom is -0.447 e. The topological polar surface area (TPSA) is 76.7 Å². The molecule has 6 nitrogen and oxygen atoms in total. The fraction of sp³-hybridized carbons (Fsp3) is 0.200. The number of fused-ring (bicyclic) bond motifs is 1. The molecule has 0 aliphatic rings. The number of hydrogen-bond donors (Lipinski definition) is 2. The Balaban J connectivity index is 1.75. The van der Waals surface area contributed by atoms with Gasteiger partial charge in [-0.1, -0.05) is 23.7 Å². The molecule has 0 aliphatic carbocycles. The molecular weight excluding hydrogens is 457 g/mol. The molecule has 2 N–H and O–H groups in total. The van der Waals surface area contributed by atoms with E-state index in [0.29, 0.717) is 16.8 Å². The molecular formula is C20H16ClF3N2O4S. The van der Waals surface area contributed by atoms with Gasteiger partial charge in [-0.25, -0.2) is 4.79 Å². The number of thiophene rings is 1. The lowest BCUT2D eigenvalue weighted by Gasteiger charge is -2.09. The van der Waals surface area contributed by atoms with E-state index in [9.17, 15) is 22.8 Å². The first-order valence-corrected chi connectivity index (χ1v) is 10.0. The number of rotatable bonds is 6. The number of methoxy groups -OCH3 is 1. The zero-order valence-electron chi connectivity index (χ0n) is 16.0. The molecule has 0 fully saturated rings. The number of hydrogen-bond acceptors (Lipinski definition) is 5. The fourth-order valence-corrected chi connectivity index (χ4v) is 4.07. The van der Waals surface area contributed by atoms with Gasteiger partial charge >= 0.3 is 12.3 Å². The van der Waals surface area contributed by atoms with Crippen molar-refractivity contribution < 1.29 is 32.2 Å². The first-order chi connectivity index (χ1) is 14.7. The first-order valence-electron chi connectivity index (χ1n) is 8.82. The van der Waals surface area contributed by atoms with Crippen LogP contribution in [0.1, 0.15) is 15.2 Å². The average Bonchev–Trinajstić information content (AvgIpc) is 3.04. The van der Waals surface area contributed by atoms with Crippen LogP contribution in [0.15, 0.2) is 42.5 Å². The van der Waals surface area contributed by atoms with Crippen LogP contribution in [-0.4, -0.2) is 32.3 Å². The Morgan fingerprint density at radius 1 is 1.06 bits per heavy atom. The van der Waals surface area contributed by atoms with Gasteiger partial charge in [0.25, 0.3) is 5.91 Å². The number of amides is 2. The summed E-state index contributed by atoms with van der Waals surface area (Å²) >= 11 is 7.09. The molecule has 0 atom stereocenters. The second-order valence-corrected chi connectivity index (χ2v) is 7.67. The number of halogens is 4. The van der Waals surface area contributed by atoms with Gasteiger partial charge < -0.3 is 14.8 Å². The Morgan fingerprint density at radius 2 is 1.77 bits per heavy atom. The number of ether oxygens (including phenoxy) is 2. The van der Waals surface area contributed by atoms with E-state index in [2.05, 4.69) is 10.6 Å². The molecule has 11 heteroatoms. The monoisotopic (exact) mass is 472 g/mol. The highest BCUT2D eigenvalue weighted by Gasteiger charge is 2.31. The zero-order valence-corrected chi connectivity index (χ0v) is 17.6. The third-order valence-corrected chi connectivity index (χ3v) is 5.71. The lowest BCUT2D eigenvalue weighted by Crippen LogP contribution is -2.16. The summed E-state index contributed by atoms with van der Waals surface area (Å²) in [4.78, 5) is 24.5. The summed E-state index contributed by atoms with van der Waals surface area (Å²) in [5.41, 5.74) is -0.0947. The van der Waals surface area contributed by atoms with Crippen molar-refractivity contribution in [3.8, 4) is 0 Å². The van der Waals surface area contributed by atoms with Crippen molar-refractivity contribution in [2.75, 3.05) is 31.0 Å². The van der Waals surface area contributed by atoms with E-state index in [4.69, 9.17) is 21.1 Å². The molecule has 0 bridgehead atoms. The van der Waals surface area contributed by atoms with Crippen molar-refractivity contribution in [3.05, 3.63) is 57.9 Å². The van der Waals surface area contributed by atoms with E-state index in [0.717, 1.165) is 23.5 Å². The Bertz CT molecular complexity index is 1120. The Hall–Kier alpha value is -2.82. The van der Waals surface area contributed by atoms with Gasteiger partial charge in [-0.3, -0.25) is 10.1 Å². The van der Waals surface area contributed by atoms with E-state index in [1.165, 1.54) is 19.2 Å². The summed E-state index contributed by atoms with van der Waals surface area (Å²) in [6.45, 7) is 0.336. The molecule has 0 saturated carbocycles. The summed E-state index contributed by atoms with van der Waals surface area (Å²) < 4.78 is 48.7. The minimum atomic E-state index is -4.49. The van der Waals surface area contributed by atoms with E-state index in [1.54, 1.807) is 18.2 Å². The largest absolute Gasteiger partial charge is 0.447 e. The maximum atomic E-state index is 12.9. The molecule has 0 unspecified atom stereocenters. The van der Waals surface area contributed by atoms with Gasteiger partial charge in [-0.05, 0) is 30.3 Å². The number of nitrogens with one attached hydrogen (secondary N) is 2. The average molecular weight is 473 g/mol. The van der Waals surface area contributed by atoms with Crippen molar-refractivity contribution in [2.45, 2.75) is 6.18 Å². The normalized spacial score (nSPS) is 11.4. The Labute approximate surface area is 183 Å². The fourth-order valence-electron chi connectivity index (χ4n) is 2.62. The molecule has 2 aromatic carbocycles. The van der Waals surface area contributed by atoms with Crippen LogP contribution in [0.5, 0.6) is 0 Å². The van der Waals surface area contributed by atoms with Crippen LogP contribution >= 0.6 is 22.9 Å². The number of benzene rings is 2. The summed E-state index contributed by atoms with van der Waals surface area (Å²) in [6.07, 6.45) is -5.18.